The zero-order valence-electron chi connectivity index (χ0n) is 7.01. The van der Waals surface area contributed by atoms with E-state index >= 15 is 0 Å². The van der Waals surface area contributed by atoms with Gasteiger partial charge in [0.1, 0.15) is 0 Å². The Bertz CT molecular complexity index is 355. The van der Waals surface area contributed by atoms with Crippen molar-refractivity contribution in [3.63, 3.8) is 0 Å². The van der Waals surface area contributed by atoms with Crippen LogP contribution in [-0.4, -0.2) is 6.21 Å². The van der Waals surface area contributed by atoms with Crippen molar-refractivity contribution in [3.8, 4) is 6.07 Å². The molecule has 1 rings (SSSR count). The average molecular weight is 171 g/mol. The Morgan fingerprint density at radius 3 is 2.54 bits per heavy atom. The summed E-state index contributed by atoms with van der Waals surface area (Å²) in [6.45, 7) is 0. The van der Waals surface area contributed by atoms with Crippen molar-refractivity contribution in [2.75, 3.05) is 0 Å². The Balaban J connectivity index is 2.76. The fraction of sp³-hybridized carbons (Fsp3) is 0. The van der Waals surface area contributed by atoms with E-state index in [0.717, 1.165) is 5.69 Å². The number of allylic oxidation sites excluding steroid dienone is 1. The van der Waals surface area contributed by atoms with E-state index < -0.39 is 0 Å². The predicted molar refractivity (Wildman–Crippen MR) is 52.6 cm³/mol. The highest BCUT2D eigenvalue weighted by Crippen LogP contribution is 2.11. The van der Waals surface area contributed by atoms with Gasteiger partial charge in [0.05, 0.1) is 17.3 Å². The molecule has 0 unspecified atom stereocenters. The van der Waals surface area contributed by atoms with Crippen LogP contribution in [0.4, 0.5) is 5.69 Å². The molecule has 0 saturated heterocycles. The van der Waals surface area contributed by atoms with E-state index in [1.807, 2.05) is 6.07 Å². The van der Waals surface area contributed by atoms with Crippen LogP contribution in [0.2, 0.25) is 0 Å². The molecule has 0 heterocycles. The van der Waals surface area contributed by atoms with Crippen molar-refractivity contribution in [2.45, 2.75) is 0 Å². The van der Waals surface area contributed by atoms with E-state index in [9.17, 15) is 0 Å². The van der Waals surface area contributed by atoms with Crippen molar-refractivity contribution in [3.05, 3.63) is 42.1 Å². The van der Waals surface area contributed by atoms with Crippen LogP contribution in [-0.2, 0) is 0 Å². The molecule has 1 aromatic carbocycles. The normalized spacial score (nSPS) is 10.7. The molecule has 0 bridgehead atoms. The van der Waals surface area contributed by atoms with Crippen LogP contribution in [0.1, 0.15) is 5.56 Å². The second-order valence-electron chi connectivity index (χ2n) is 2.32. The Morgan fingerprint density at radius 1 is 1.31 bits per heavy atom. The third-order valence-corrected chi connectivity index (χ3v) is 1.42. The van der Waals surface area contributed by atoms with Crippen LogP contribution < -0.4 is 5.73 Å². The van der Waals surface area contributed by atoms with Gasteiger partial charge in [0.25, 0.3) is 0 Å². The molecule has 0 spiro atoms. The van der Waals surface area contributed by atoms with Gasteiger partial charge in [0.2, 0.25) is 0 Å². The number of aliphatic imine (C=N–C) groups is 1. The first-order valence-electron chi connectivity index (χ1n) is 3.78. The highest BCUT2D eigenvalue weighted by Gasteiger charge is 1.88. The predicted octanol–water partition coefficient (Wildman–Crippen LogP) is 1.73. The van der Waals surface area contributed by atoms with Crippen molar-refractivity contribution in [2.24, 2.45) is 10.7 Å². The summed E-state index contributed by atoms with van der Waals surface area (Å²) in [7, 11) is 0. The molecule has 0 radical (unpaired) electrons. The summed E-state index contributed by atoms with van der Waals surface area (Å²) in [6, 6.07) is 9.03. The van der Waals surface area contributed by atoms with Crippen LogP contribution in [0.3, 0.4) is 0 Å². The van der Waals surface area contributed by atoms with E-state index in [-0.39, 0.29) is 0 Å². The lowest BCUT2D eigenvalue weighted by molar-refractivity contribution is 1.46. The fourth-order valence-corrected chi connectivity index (χ4v) is 0.801. The first-order chi connectivity index (χ1) is 6.36. The molecule has 0 aromatic heterocycles. The molecule has 3 heteroatoms. The van der Waals surface area contributed by atoms with Crippen LogP contribution >= 0.6 is 0 Å². The highest BCUT2D eigenvalue weighted by molar-refractivity contribution is 5.74. The monoisotopic (exact) mass is 171 g/mol. The van der Waals surface area contributed by atoms with E-state index in [2.05, 4.69) is 4.99 Å². The minimum Gasteiger partial charge on any atom is -0.405 e. The van der Waals surface area contributed by atoms with Gasteiger partial charge in [-0.25, -0.2) is 0 Å². The van der Waals surface area contributed by atoms with Gasteiger partial charge in [-0.2, -0.15) is 5.26 Å². The number of nitriles is 1. The van der Waals surface area contributed by atoms with E-state index in [0.29, 0.717) is 5.56 Å². The molecule has 0 amide bonds. The Kier molecular flexibility index (Phi) is 3.28. The molecule has 0 aliphatic carbocycles. The number of nitrogens with zero attached hydrogens (tertiary/aromatic N) is 2. The summed E-state index contributed by atoms with van der Waals surface area (Å²) in [5.41, 5.74) is 6.56. The number of nitrogens with two attached hydrogens (primary N) is 1. The minimum atomic E-state index is 0.633. The third-order valence-electron chi connectivity index (χ3n) is 1.42. The Hall–Kier alpha value is -2.08. The fourth-order valence-electron chi connectivity index (χ4n) is 0.801. The third kappa shape index (κ3) is 2.80. The maximum atomic E-state index is 8.53. The summed E-state index contributed by atoms with van der Waals surface area (Å²) in [5, 5.41) is 8.53. The lowest BCUT2D eigenvalue weighted by Crippen LogP contribution is -1.76. The number of hydrogen-bond acceptors (Lipinski definition) is 3. The molecule has 3 nitrogen and oxygen atoms in total. The molecule has 1 aromatic rings. The minimum absolute atomic E-state index is 0.633. The van der Waals surface area contributed by atoms with Gasteiger partial charge < -0.3 is 5.73 Å². The second kappa shape index (κ2) is 4.73. The Labute approximate surface area is 76.8 Å². The second-order valence-corrected chi connectivity index (χ2v) is 2.32. The SMILES string of the molecule is N#Cc1ccc(N=CC=CN)cc1. The summed E-state index contributed by atoms with van der Waals surface area (Å²) in [5.74, 6) is 0. The first-order valence-corrected chi connectivity index (χ1v) is 3.78. The largest absolute Gasteiger partial charge is 0.405 e. The van der Waals surface area contributed by atoms with Crippen LogP contribution in [0.25, 0.3) is 0 Å². The van der Waals surface area contributed by atoms with Gasteiger partial charge in [-0.3, -0.25) is 4.99 Å². The number of hydrogen-bond donors (Lipinski definition) is 1. The van der Waals surface area contributed by atoms with Gasteiger partial charge in [0.15, 0.2) is 0 Å². The van der Waals surface area contributed by atoms with Crippen molar-refractivity contribution >= 4 is 11.9 Å². The molecule has 64 valence electrons. The zero-order valence-corrected chi connectivity index (χ0v) is 7.01. The van der Waals surface area contributed by atoms with Gasteiger partial charge in [-0.15, -0.1) is 0 Å². The Morgan fingerprint density at radius 2 is 2.00 bits per heavy atom. The lowest BCUT2D eigenvalue weighted by Gasteiger charge is -1.90. The van der Waals surface area contributed by atoms with Gasteiger partial charge in [-0.1, -0.05) is 0 Å². The molecule has 0 fully saturated rings. The van der Waals surface area contributed by atoms with Crippen LogP contribution in [0, 0.1) is 11.3 Å². The van der Waals surface area contributed by atoms with Crippen LogP contribution in [0.15, 0.2) is 41.5 Å². The topological polar surface area (TPSA) is 62.2 Å². The van der Waals surface area contributed by atoms with Gasteiger partial charge in [0, 0.05) is 6.21 Å². The summed E-state index contributed by atoms with van der Waals surface area (Å²) >= 11 is 0. The van der Waals surface area contributed by atoms with E-state index in [4.69, 9.17) is 11.0 Å². The standard InChI is InChI=1S/C10H9N3/c11-6-1-7-13-10-4-2-9(8-12)3-5-10/h1-7H,11H2. The van der Waals surface area contributed by atoms with Crippen molar-refractivity contribution in [1.82, 2.24) is 0 Å². The molecule has 0 aliphatic heterocycles. The van der Waals surface area contributed by atoms with Gasteiger partial charge in [-0.05, 0) is 36.5 Å². The number of benzene rings is 1. The maximum Gasteiger partial charge on any atom is 0.0991 e. The molecule has 2 N–H and O–H groups in total. The zero-order chi connectivity index (χ0) is 9.52. The summed E-state index contributed by atoms with van der Waals surface area (Å²) in [4.78, 5) is 4.07. The van der Waals surface area contributed by atoms with Crippen molar-refractivity contribution in [1.29, 1.82) is 5.26 Å². The lowest BCUT2D eigenvalue weighted by atomic mass is 10.2. The molecule has 0 saturated carbocycles. The van der Waals surface area contributed by atoms with Gasteiger partial charge >= 0.3 is 0 Å². The maximum absolute atomic E-state index is 8.53. The molecule has 0 atom stereocenters. The molecular weight excluding hydrogens is 162 g/mol. The van der Waals surface area contributed by atoms with Crippen LogP contribution in [0.5, 0.6) is 0 Å². The summed E-state index contributed by atoms with van der Waals surface area (Å²) < 4.78 is 0. The quantitative estimate of drug-likeness (QED) is 0.689. The molecule has 0 aliphatic rings. The average Bonchev–Trinajstić information content (AvgIpc) is 2.19. The summed E-state index contributed by atoms with van der Waals surface area (Å²) in [6.07, 6.45) is 4.65. The molecule has 13 heavy (non-hydrogen) atoms. The van der Waals surface area contributed by atoms with E-state index in [1.54, 1.807) is 36.6 Å². The van der Waals surface area contributed by atoms with Crippen molar-refractivity contribution < 1.29 is 0 Å². The smallest absolute Gasteiger partial charge is 0.0991 e. The highest BCUT2D eigenvalue weighted by atomic mass is 14.7. The first kappa shape index (κ1) is 9.01. The van der Waals surface area contributed by atoms with E-state index in [1.165, 1.54) is 6.20 Å². The molecular formula is C10H9N3. The number of rotatable bonds is 2.